The van der Waals surface area contributed by atoms with Crippen molar-refractivity contribution in [1.29, 1.82) is 0 Å². The van der Waals surface area contributed by atoms with Crippen molar-refractivity contribution in [2.75, 3.05) is 0 Å². The lowest BCUT2D eigenvalue weighted by Gasteiger charge is -2.21. The third-order valence-corrected chi connectivity index (χ3v) is 3.35. The van der Waals surface area contributed by atoms with Crippen LogP contribution in [0.2, 0.25) is 0 Å². The summed E-state index contributed by atoms with van der Waals surface area (Å²) in [4.78, 5) is 3.78. The first-order valence-electron chi connectivity index (χ1n) is 6.15. The molecule has 1 heterocycles. The van der Waals surface area contributed by atoms with Gasteiger partial charge in [0.15, 0.2) is 0 Å². The van der Waals surface area contributed by atoms with Gasteiger partial charge in [0.1, 0.15) is 0 Å². The second-order valence-electron chi connectivity index (χ2n) is 4.74. The number of nitrogens with two attached hydrogens (primary N) is 1. The van der Waals surface area contributed by atoms with Crippen LogP contribution >= 0.6 is 0 Å². The molecule has 0 bridgehead atoms. The average Bonchev–Trinajstić information content (AvgIpc) is 2.37. The largest absolute Gasteiger partial charge is 0.416 e. The van der Waals surface area contributed by atoms with E-state index in [-0.39, 0.29) is 5.56 Å². The Morgan fingerprint density at radius 3 is 2.25 bits per heavy atom. The Morgan fingerprint density at radius 1 is 1.10 bits per heavy atom. The van der Waals surface area contributed by atoms with Crippen molar-refractivity contribution in [1.82, 2.24) is 4.98 Å². The minimum atomic E-state index is -4.44. The first kappa shape index (κ1) is 14.5. The summed E-state index contributed by atoms with van der Waals surface area (Å²) in [5.74, 6) is 0. The minimum Gasteiger partial charge on any atom is -0.320 e. The van der Waals surface area contributed by atoms with Crippen molar-refractivity contribution in [2.45, 2.75) is 26.1 Å². The van der Waals surface area contributed by atoms with Crippen molar-refractivity contribution in [3.63, 3.8) is 0 Å². The van der Waals surface area contributed by atoms with Gasteiger partial charge in [0, 0.05) is 18.0 Å². The van der Waals surface area contributed by atoms with Crippen LogP contribution < -0.4 is 5.73 Å². The van der Waals surface area contributed by atoms with E-state index in [0.717, 1.165) is 23.4 Å². The van der Waals surface area contributed by atoms with E-state index in [9.17, 15) is 13.2 Å². The Bertz CT molecular complexity index is 601. The maximum atomic E-state index is 13.0. The van der Waals surface area contributed by atoms with Gasteiger partial charge >= 0.3 is 6.18 Å². The van der Waals surface area contributed by atoms with E-state index < -0.39 is 17.8 Å². The molecule has 1 atom stereocenters. The molecule has 20 heavy (non-hydrogen) atoms. The molecule has 2 nitrogen and oxygen atoms in total. The molecule has 0 fully saturated rings. The fourth-order valence-electron chi connectivity index (χ4n) is 2.39. The molecule has 1 aromatic heterocycles. The van der Waals surface area contributed by atoms with E-state index in [4.69, 9.17) is 5.73 Å². The normalized spacial score (nSPS) is 13.3. The summed E-state index contributed by atoms with van der Waals surface area (Å²) in [6.45, 7) is 3.68. The van der Waals surface area contributed by atoms with Gasteiger partial charge < -0.3 is 5.73 Å². The summed E-state index contributed by atoms with van der Waals surface area (Å²) in [5.41, 5.74) is 7.79. The second kappa shape index (κ2) is 5.25. The number of hydrogen-bond acceptors (Lipinski definition) is 2. The number of pyridine rings is 1. The molecule has 0 radical (unpaired) electrons. The van der Waals surface area contributed by atoms with Gasteiger partial charge in [-0.3, -0.25) is 4.98 Å². The van der Waals surface area contributed by atoms with Gasteiger partial charge in [-0.05, 0) is 36.6 Å². The molecule has 0 saturated carbocycles. The number of hydrogen-bond donors (Lipinski definition) is 1. The van der Waals surface area contributed by atoms with Gasteiger partial charge in [-0.2, -0.15) is 13.2 Å². The molecule has 2 rings (SSSR count). The highest BCUT2D eigenvalue weighted by molar-refractivity contribution is 5.43. The molecule has 0 aliphatic heterocycles. The van der Waals surface area contributed by atoms with Gasteiger partial charge in [-0.15, -0.1) is 0 Å². The van der Waals surface area contributed by atoms with Crippen molar-refractivity contribution < 1.29 is 13.2 Å². The van der Waals surface area contributed by atoms with Crippen molar-refractivity contribution in [3.05, 3.63) is 64.5 Å². The third kappa shape index (κ3) is 2.67. The van der Waals surface area contributed by atoms with Crippen molar-refractivity contribution in [3.8, 4) is 0 Å². The molecule has 0 aliphatic carbocycles. The van der Waals surface area contributed by atoms with Crippen LogP contribution in [0.25, 0.3) is 0 Å². The molecular weight excluding hydrogens is 265 g/mol. The zero-order valence-corrected chi connectivity index (χ0v) is 11.2. The maximum Gasteiger partial charge on any atom is 0.416 e. The summed E-state index contributed by atoms with van der Waals surface area (Å²) in [5, 5.41) is 0. The average molecular weight is 280 g/mol. The number of aromatic nitrogens is 1. The summed E-state index contributed by atoms with van der Waals surface area (Å²) in [6.07, 6.45) is -2.12. The molecule has 0 saturated heterocycles. The highest BCUT2D eigenvalue weighted by Crippen LogP contribution is 2.36. The Balaban J connectivity index is 2.58. The minimum absolute atomic E-state index is 0.00241. The predicted molar refractivity (Wildman–Crippen MR) is 71.2 cm³/mol. The number of halogens is 3. The van der Waals surface area contributed by atoms with Crippen LogP contribution in [-0.2, 0) is 6.18 Å². The van der Waals surface area contributed by atoms with E-state index in [1.807, 2.05) is 32.0 Å². The van der Waals surface area contributed by atoms with Gasteiger partial charge in [0.2, 0.25) is 0 Å². The van der Waals surface area contributed by atoms with Crippen LogP contribution in [-0.4, -0.2) is 4.98 Å². The summed E-state index contributed by atoms with van der Waals surface area (Å²) >= 11 is 0. The molecule has 5 heteroatoms. The number of benzene rings is 1. The third-order valence-electron chi connectivity index (χ3n) is 3.35. The monoisotopic (exact) mass is 280 g/mol. The number of alkyl halides is 3. The Morgan fingerprint density at radius 2 is 1.70 bits per heavy atom. The Kier molecular flexibility index (Phi) is 3.81. The van der Waals surface area contributed by atoms with E-state index in [1.165, 1.54) is 6.20 Å². The smallest absolute Gasteiger partial charge is 0.320 e. The fourth-order valence-corrected chi connectivity index (χ4v) is 2.39. The zero-order valence-electron chi connectivity index (χ0n) is 11.2. The van der Waals surface area contributed by atoms with Crippen LogP contribution in [0, 0.1) is 13.8 Å². The van der Waals surface area contributed by atoms with Crippen LogP contribution in [0.5, 0.6) is 0 Å². The standard InChI is InChI=1S/C15H15F3N2/c1-9-4-3-5-10(2)13(9)14(19)11-8-20-7-6-12(11)15(16,17)18/h3-8,14H,19H2,1-2H3. The molecule has 1 aromatic carbocycles. The first-order valence-corrected chi connectivity index (χ1v) is 6.15. The van der Waals surface area contributed by atoms with Gasteiger partial charge in [0.05, 0.1) is 11.6 Å². The summed E-state index contributed by atoms with van der Waals surface area (Å²) in [7, 11) is 0. The first-order chi connectivity index (χ1) is 9.32. The highest BCUT2D eigenvalue weighted by atomic mass is 19.4. The second-order valence-corrected chi connectivity index (χ2v) is 4.74. The van der Waals surface area contributed by atoms with Crippen LogP contribution in [0.3, 0.4) is 0 Å². The van der Waals surface area contributed by atoms with Gasteiger partial charge in [0.25, 0.3) is 0 Å². The zero-order chi connectivity index (χ0) is 14.9. The lowest BCUT2D eigenvalue weighted by molar-refractivity contribution is -0.138. The summed E-state index contributed by atoms with van der Waals surface area (Å²) in [6, 6.07) is 5.65. The molecule has 0 spiro atoms. The van der Waals surface area contributed by atoms with Crippen molar-refractivity contribution >= 4 is 0 Å². The number of rotatable bonds is 2. The lowest BCUT2D eigenvalue weighted by Crippen LogP contribution is -2.20. The van der Waals surface area contributed by atoms with E-state index in [2.05, 4.69) is 4.98 Å². The van der Waals surface area contributed by atoms with Crippen LogP contribution in [0.4, 0.5) is 13.2 Å². The van der Waals surface area contributed by atoms with Crippen LogP contribution in [0.1, 0.15) is 33.9 Å². The van der Waals surface area contributed by atoms with Gasteiger partial charge in [-0.1, -0.05) is 18.2 Å². The highest BCUT2D eigenvalue weighted by Gasteiger charge is 2.35. The molecule has 2 aromatic rings. The molecule has 106 valence electrons. The van der Waals surface area contributed by atoms with E-state index in [1.54, 1.807) is 0 Å². The summed E-state index contributed by atoms with van der Waals surface area (Å²) < 4.78 is 39.1. The molecule has 2 N–H and O–H groups in total. The molecule has 1 unspecified atom stereocenters. The van der Waals surface area contributed by atoms with Crippen molar-refractivity contribution in [2.24, 2.45) is 5.73 Å². The quantitative estimate of drug-likeness (QED) is 0.909. The molecule has 0 aliphatic rings. The fraction of sp³-hybridized carbons (Fsp3) is 0.267. The Hall–Kier alpha value is -1.88. The SMILES string of the molecule is Cc1cccc(C)c1C(N)c1cnccc1C(F)(F)F. The van der Waals surface area contributed by atoms with E-state index in [0.29, 0.717) is 5.56 Å². The maximum absolute atomic E-state index is 13.0. The number of aryl methyl sites for hydroxylation is 2. The molecule has 0 amide bonds. The lowest BCUT2D eigenvalue weighted by atomic mass is 9.90. The predicted octanol–water partition coefficient (Wildman–Crippen LogP) is 3.77. The Labute approximate surface area is 115 Å². The van der Waals surface area contributed by atoms with E-state index >= 15 is 0 Å². The topological polar surface area (TPSA) is 38.9 Å². The van der Waals surface area contributed by atoms with Gasteiger partial charge in [-0.25, -0.2) is 0 Å². The number of nitrogens with zero attached hydrogens (tertiary/aromatic N) is 1. The molecular formula is C15H15F3N2. The van der Waals surface area contributed by atoms with Crippen LogP contribution in [0.15, 0.2) is 36.7 Å².